The maximum Gasteiger partial charge on any atom is 0.410 e. The number of carbonyl (C=O) groups is 8. The number of carboxylic acids is 1. The molecule has 5 aromatic heterocycles. The lowest BCUT2D eigenvalue weighted by atomic mass is 9.76. The van der Waals surface area contributed by atoms with Crippen molar-refractivity contribution in [2.45, 2.75) is 39.2 Å². The van der Waals surface area contributed by atoms with Crippen LogP contribution < -0.4 is 31.9 Å². The summed E-state index contributed by atoms with van der Waals surface area (Å²) in [6.07, 6.45) is 8.13. The van der Waals surface area contributed by atoms with Crippen molar-refractivity contribution in [3.05, 3.63) is 78.2 Å². The molecule has 350 valence electrons. The second kappa shape index (κ2) is 18.8. The molecule has 1 aliphatic heterocycles. The largest absolute Gasteiger partial charge is 0.475 e. The molecule has 0 aliphatic carbocycles. The maximum absolute atomic E-state index is 13.5. The molecule has 7 N–H and O–H groups in total. The van der Waals surface area contributed by atoms with E-state index in [2.05, 4.69) is 46.9 Å². The smallest absolute Gasteiger partial charge is 0.410 e. The second-order valence-electron chi connectivity index (χ2n) is 16.9. The highest BCUT2D eigenvalue weighted by molar-refractivity contribution is 6.04. The van der Waals surface area contributed by atoms with Crippen LogP contribution in [-0.4, -0.2) is 127 Å². The second-order valence-corrected chi connectivity index (χ2v) is 16.9. The third-order valence-corrected chi connectivity index (χ3v) is 10.2. The van der Waals surface area contributed by atoms with Crippen LogP contribution in [0.3, 0.4) is 0 Å². The number of nitrogens with one attached hydrogen (secondary N) is 6. The zero-order valence-electron chi connectivity index (χ0n) is 37.5. The normalized spacial score (nSPS) is 13.0. The van der Waals surface area contributed by atoms with Crippen LogP contribution in [0.2, 0.25) is 0 Å². The molecular formula is C41H51N15O10. The molecule has 0 aromatic carbocycles. The summed E-state index contributed by atoms with van der Waals surface area (Å²) in [5, 5.41) is 25.4. The van der Waals surface area contributed by atoms with Crippen molar-refractivity contribution < 1.29 is 48.2 Å². The fraction of sp³-hybridized carbons (Fsp3) is 0.390. The Morgan fingerprint density at radius 1 is 0.667 bits per heavy atom. The van der Waals surface area contributed by atoms with Gasteiger partial charge in [0.05, 0.1) is 11.4 Å². The quantitative estimate of drug-likeness (QED) is 0.0740. The number of rotatable bonds is 16. The number of nitrogens with zero attached hydrogens (tertiary/aromatic N) is 9. The molecule has 0 saturated carbocycles. The van der Waals surface area contributed by atoms with Crippen LogP contribution in [0.15, 0.2) is 49.3 Å². The number of aromatic nitrogens is 8. The Morgan fingerprint density at radius 3 is 1.73 bits per heavy atom. The van der Waals surface area contributed by atoms with E-state index in [0.717, 1.165) is 0 Å². The number of aromatic carboxylic acids is 1. The number of ether oxygens (including phenoxy) is 1. The van der Waals surface area contributed by atoms with E-state index >= 15 is 0 Å². The minimum absolute atomic E-state index is 0.0253. The average Bonchev–Trinajstić information content (AvgIpc) is 4.04. The van der Waals surface area contributed by atoms with Crippen LogP contribution in [-0.2, 0) is 49.6 Å². The van der Waals surface area contributed by atoms with Crippen LogP contribution in [0.5, 0.6) is 0 Å². The summed E-state index contributed by atoms with van der Waals surface area (Å²) in [7, 11) is 7.94. The molecule has 25 heteroatoms. The van der Waals surface area contributed by atoms with Crippen LogP contribution in [0.4, 0.5) is 27.8 Å². The molecule has 7 amide bonds. The Labute approximate surface area is 376 Å². The molecule has 6 heterocycles. The van der Waals surface area contributed by atoms with Gasteiger partial charge in [0.25, 0.3) is 23.6 Å². The monoisotopic (exact) mass is 913 g/mol. The van der Waals surface area contributed by atoms with E-state index in [1.54, 1.807) is 65.9 Å². The van der Waals surface area contributed by atoms with Crippen molar-refractivity contribution >= 4 is 70.5 Å². The van der Waals surface area contributed by atoms with Gasteiger partial charge in [-0.15, -0.1) is 0 Å². The van der Waals surface area contributed by atoms with E-state index in [-0.39, 0.29) is 85.2 Å². The predicted molar refractivity (Wildman–Crippen MR) is 235 cm³/mol. The van der Waals surface area contributed by atoms with Gasteiger partial charge < -0.3 is 69.5 Å². The maximum atomic E-state index is 13.5. The van der Waals surface area contributed by atoms with Gasteiger partial charge in [0.2, 0.25) is 23.5 Å². The number of likely N-dealkylation sites (tertiary alicyclic amines) is 1. The van der Waals surface area contributed by atoms with Crippen molar-refractivity contribution in [2.24, 2.45) is 40.7 Å². The topological polar surface area (TPSA) is 305 Å². The summed E-state index contributed by atoms with van der Waals surface area (Å²) in [5.41, 5.74) is -0.648. The van der Waals surface area contributed by atoms with Crippen molar-refractivity contribution in [1.29, 1.82) is 0 Å². The van der Waals surface area contributed by atoms with Crippen molar-refractivity contribution in [2.75, 3.05) is 47.4 Å². The van der Waals surface area contributed by atoms with E-state index < -0.39 is 58.5 Å². The summed E-state index contributed by atoms with van der Waals surface area (Å²) in [4.78, 5) is 116. The van der Waals surface area contributed by atoms with E-state index in [1.807, 2.05) is 0 Å². The van der Waals surface area contributed by atoms with Gasteiger partial charge in [0.1, 0.15) is 17.0 Å². The lowest BCUT2D eigenvalue weighted by molar-refractivity contribution is -0.122. The Morgan fingerprint density at radius 2 is 1.20 bits per heavy atom. The highest BCUT2D eigenvalue weighted by Gasteiger charge is 2.48. The van der Waals surface area contributed by atoms with Gasteiger partial charge in [-0.2, -0.15) is 0 Å². The Kier molecular flexibility index (Phi) is 13.5. The van der Waals surface area contributed by atoms with E-state index in [4.69, 9.17) is 4.74 Å². The van der Waals surface area contributed by atoms with Crippen molar-refractivity contribution in [3.63, 3.8) is 0 Å². The molecule has 25 nitrogen and oxygen atoms in total. The lowest BCUT2D eigenvalue weighted by Gasteiger charge is -2.49. The van der Waals surface area contributed by atoms with Crippen molar-refractivity contribution in [3.8, 4) is 0 Å². The Bertz CT molecular complexity index is 2720. The molecule has 66 heavy (non-hydrogen) atoms. The number of hydrogen-bond acceptors (Lipinski definition) is 12. The summed E-state index contributed by atoms with van der Waals surface area (Å²) < 4.78 is 12.7. The molecule has 0 radical (unpaired) electrons. The van der Waals surface area contributed by atoms with Crippen LogP contribution in [0, 0.1) is 5.41 Å². The molecule has 0 atom stereocenters. The highest BCUT2D eigenvalue weighted by atomic mass is 16.6. The van der Waals surface area contributed by atoms with Gasteiger partial charge in [-0.05, 0) is 32.9 Å². The molecule has 1 aliphatic rings. The van der Waals surface area contributed by atoms with E-state index in [9.17, 15) is 43.5 Å². The minimum Gasteiger partial charge on any atom is -0.475 e. The predicted octanol–water partition coefficient (Wildman–Crippen LogP) is 1.52. The zero-order valence-corrected chi connectivity index (χ0v) is 37.5. The number of anilines is 4. The molecule has 0 spiro atoms. The van der Waals surface area contributed by atoms with E-state index in [1.165, 1.54) is 67.1 Å². The summed E-state index contributed by atoms with van der Waals surface area (Å²) in [5.74, 6) is -4.42. The molecule has 5 aromatic rings. The van der Waals surface area contributed by atoms with Crippen LogP contribution >= 0.6 is 0 Å². The fourth-order valence-corrected chi connectivity index (χ4v) is 7.12. The van der Waals surface area contributed by atoms with Gasteiger partial charge in [-0.25, -0.2) is 24.5 Å². The number of hydrogen-bond donors (Lipinski definition) is 7. The first-order chi connectivity index (χ1) is 31.0. The summed E-state index contributed by atoms with van der Waals surface area (Å²) in [6.45, 7) is 5.25. The number of amides is 7. The SMILES string of the molecule is Cn1cc(NC(=O)c2nccn2C)cc1C(=O)NCCC(=O)Nc1cn(C)c(C(=O)Nc2cc(C(=O)NCC3(CC(=O)Nc4cn(C)c(C(=O)O)n4)CN(C(=O)OC(C)(C)C)C3)n(C)c2)n1. The average molecular weight is 914 g/mol. The molecule has 6 rings (SSSR count). The minimum atomic E-state index is -1.27. The summed E-state index contributed by atoms with van der Waals surface area (Å²) in [6, 6.07) is 2.94. The molecule has 1 fully saturated rings. The van der Waals surface area contributed by atoms with Crippen LogP contribution in [0.1, 0.15) is 86.4 Å². The van der Waals surface area contributed by atoms with Crippen LogP contribution in [0.25, 0.3) is 0 Å². The number of carbonyl (C=O) groups excluding carboxylic acids is 7. The molecule has 0 unspecified atom stereocenters. The fourth-order valence-electron chi connectivity index (χ4n) is 7.12. The van der Waals surface area contributed by atoms with E-state index in [0.29, 0.717) is 5.69 Å². The number of imidazole rings is 3. The van der Waals surface area contributed by atoms with Crippen molar-refractivity contribution in [1.82, 2.24) is 53.3 Å². The first-order valence-corrected chi connectivity index (χ1v) is 20.4. The summed E-state index contributed by atoms with van der Waals surface area (Å²) >= 11 is 0. The van der Waals surface area contributed by atoms with Gasteiger partial charge in [0, 0.05) is 117 Å². The van der Waals surface area contributed by atoms with Gasteiger partial charge in [-0.1, -0.05) is 0 Å². The standard InChI is InChI=1S/C41H51N15O10/c1-40(2,3)66-39(65)56-21-41(22-56,15-30(58)48-28-19-55(8)33(50-28)38(63)64)20-44-35(60)26-14-24(17-53(26)6)46-37(62)32-49-27(18-54(32)7)47-29(57)9-10-43-34(59)25-13-23(16-52(25)5)45-36(61)31-42-11-12-51(31)4/h11-14,16-19H,9-10,15,20-22H2,1-8H3,(H,43,59)(H,44,60)(H,45,61)(H,46,62)(H,47,57)(H,48,58)(H,63,64). The number of aryl methyl sites for hydroxylation is 5. The first-order valence-electron chi connectivity index (χ1n) is 20.4. The molecule has 0 bridgehead atoms. The third-order valence-electron chi connectivity index (χ3n) is 10.2. The number of carboxylic acid groups (broad SMARTS) is 1. The first kappa shape index (κ1) is 47.2. The molecular weight excluding hydrogens is 863 g/mol. The van der Waals surface area contributed by atoms with Gasteiger partial charge >= 0.3 is 12.1 Å². The zero-order chi connectivity index (χ0) is 48.2. The lowest BCUT2D eigenvalue weighted by Crippen LogP contribution is -2.64. The Balaban J connectivity index is 1.00. The Hall–Kier alpha value is -8.25. The third kappa shape index (κ3) is 11.3. The highest BCUT2D eigenvalue weighted by Crippen LogP contribution is 2.35. The van der Waals surface area contributed by atoms with Gasteiger partial charge in [0.15, 0.2) is 17.5 Å². The van der Waals surface area contributed by atoms with Gasteiger partial charge in [-0.3, -0.25) is 28.8 Å². The molecule has 1 saturated heterocycles.